The van der Waals surface area contributed by atoms with Crippen LogP contribution in [0.2, 0.25) is 0 Å². The van der Waals surface area contributed by atoms with Gasteiger partial charge in [-0.05, 0) is 25.7 Å². The fourth-order valence-electron chi connectivity index (χ4n) is 2.51. The largest absolute Gasteiger partial charge is 0.331 e. The molecule has 0 radical (unpaired) electrons. The standard InChI is InChI=1S/C12H19N3/c1-2-12-13-7-11-6-5-10(8-15(11)12)14-9-3-4-9/h7,9-10,14H,2-6,8H2,1H3. The van der Waals surface area contributed by atoms with Crippen molar-refractivity contribution in [3.8, 4) is 0 Å². The minimum absolute atomic E-state index is 0.685. The van der Waals surface area contributed by atoms with Crippen LogP contribution in [0.3, 0.4) is 0 Å². The van der Waals surface area contributed by atoms with Crippen LogP contribution in [0, 0.1) is 0 Å². The van der Waals surface area contributed by atoms with Crippen molar-refractivity contribution in [3.05, 3.63) is 17.7 Å². The number of hydrogen-bond acceptors (Lipinski definition) is 2. The monoisotopic (exact) mass is 205 g/mol. The van der Waals surface area contributed by atoms with E-state index in [9.17, 15) is 0 Å². The molecule has 1 atom stereocenters. The summed E-state index contributed by atoms with van der Waals surface area (Å²) in [4.78, 5) is 4.48. The fraction of sp³-hybridized carbons (Fsp3) is 0.750. The van der Waals surface area contributed by atoms with E-state index in [2.05, 4.69) is 28.0 Å². The first-order valence-corrected chi connectivity index (χ1v) is 6.16. The van der Waals surface area contributed by atoms with Gasteiger partial charge in [-0.15, -0.1) is 0 Å². The minimum Gasteiger partial charge on any atom is -0.331 e. The number of imidazole rings is 1. The second-order valence-corrected chi connectivity index (χ2v) is 4.81. The number of aromatic nitrogens is 2. The summed E-state index contributed by atoms with van der Waals surface area (Å²) >= 11 is 0. The smallest absolute Gasteiger partial charge is 0.108 e. The Bertz CT molecular complexity index is 338. The second-order valence-electron chi connectivity index (χ2n) is 4.81. The lowest BCUT2D eigenvalue weighted by Crippen LogP contribution is -2.38. The van der Waals surface area contributed by atoms with Crippen molar-refractivity contribution in [2.45, 2.75) is 57.7 Å². The molecule has 0 bridgehead atoms. The highest BCUT2D eigenvalue weighted by atomic mass is 15.1. The molecule has 2 aliphatic rings. The highest BCUT2D eigenvalue weighted by molar-refractivity contribution is 5.10. The molecule has 1 aliphatic carbocycles. The van der Waals surface area contributed by atoms with Gasteiger partial charge in [-0.3, -0.25) is 0 Å². The first kappa shape index (κ1) is 9.40. The lowest BCUT2D eigenvalue weighted by Gasteiger charge is -2.26. The molecule has 1 fully saturated rings. The highest BCUT2D eigenvalue weighted by Crippen LogP contribution is 2.23. The Hall–Kier alpha value is -0.830. The quantitative estimate of drug-likeness (QED) is 0.810. The molecule has 0 saturated heterocycles. The molecule has 1 unspecified atom stereocenters. The van der Waals surface area contributed by atoms with Gasteiger partial charge < -0.3 is 9.88 Å². The molecule has 1 aromatic heterocycles. The molecule has 82 valence electrons. The molecule has 15 heavy (non-hydrogen) atoms. The van der Waals surface area contributed by atoms with E-state index >= 15 is 0 Å². The number of nitrogens with one attached hydrogen (secondary N) is 1. The summed E-state index contributed by atoms with van der Waals surface area (Å²) in [6.45, 7) is 3.32. The van der Waals surface area contributed by atoms with Crippen molar-refractivity contribution >= 4 is 0 Å². The van der Waals surface area contributed by atoms with Crippen LogP contribution in [-0.4, -0.2) is 21.6 Å². The fourth-order valence-corrected chi connectivity index (χ4v) is 2.51. The van der Waals surface area contributed by atoms with E-state index in [1.807, 2.05) is 0 Å². The van der Waals surface area contributed by atoms with Crippen LogP contribution in [0.25, 0.3) is 0 Å². The molecular formula is C12H19N3. The molecule has 2 heterocycles. The van der Waals surface area contributed by atoms with Crippen molar-refractivity contribution in [1.29, 1.82) is 0 Å². The molecule has 3 rings (SSSR count). The van der Waals surface area contributed by atoms with Gasteiger partial charge in [-0.2, -0.15) is 0 Å². The van der Waals surface area contributed by atoms with Crippen LogP contribution >= 0.6 is 0 Å². The van der Waals surface area contributed by atoms with Crippen LogP contribution in [0.5, 0.6) is 0 Å². The van der Waals surface area contributed by atoms with Gasteiger partial charge in [0.1, 0.15) is 5.82 Å². The molecule has 3 nitrogen and oxygen atoms in total. The average Bonchev–Trinajstić information content (AvgIpc) is 2.97. The lowest BCUT2D eigenvalue weighted by molar-refractivity contribution is 0.376. The average molecular weight is 205 g/mol. The molecule has 0 spiro atoms. The summed E-state index contributed by atoms with van der Waals surface area (Å²) in [5, 5.41) is 3.73. The third-order valence-electron chi connectivity index (χ3n) is 3.54. The lowest BCUT2D eigenvalue weighted by atomic mass is 10.1. The van der Waals surface area contributed by atoms with E-state index in [1.165, 1.54) is 37.2 Å². The van der Waals surface area contributed by atoms with E-state index in [0.29, 0.717) is 6.04 Å². The third kappa shape index (κ3) is 1.81. The van der Waals surface area contributed by atoms with E-state index in [0.717, 1.165) is 19.0 Å². The zero-order valence-corrected chi connectivity index (χ0v) is 9.37. The van der Waals surface area contributed by atoms with Crippen LogP contribution in [0.4, 0.5) is 0 Å². The van der Waals surface area contributed by atoms with Crippen LogP contribution in [0.15, 0.2) is 6.20 Å². The maximum atomic E-state index is 4.48. The first-order valence-electron chi connectivity index (χ1n) is 6.16. The summed E-state index contributed by atoms with van der Waals surface area (Å²) in [6, 6.07) is 1.51. The maximum absolute atomic E-state index is 4.48. The zero-order chi connectivity index (χ0) is 10.3. The van der Waals surface area contributed by atoms with Crippen molar-refractivity contribution in [2.75, 3.05) is 0 Å². The zero-order valence-electron chi connectivity index (χ0n) is 9.37. The Labute approximate surface area is 90.9 Å². The predicted octanol–water partition coefficient (Wildman–Crippen LogP) is 1.51. The third-order valence-corrected chi connectivity index (χ3v) is 3.54. The summed E-state index contributed by atoms with van der Waals surface area (Å²) in [7, 11) is 0. The van der Waals surface area contributed by atoms with Gasteiger partial charge in [0.05, 0.1) is 0 Å². The van der Waals surface area contributed by atoms with Crippen molar-refractivity contribution < 1.29 is 0 Å². The topological polar surface area (TPSA) is 29.9 Å². The molecule has 1 saturated carbocycles. The van der Waals surface area contributed by atoms with Gasteiger partial charge in [0.2, 0.25) is 0 Å². The van der Waals surface area contributed by atoms with Gasteiger partial charge in [0.15, 0.2) is 0 Å². The Kier molecular flexibility index (Phi) is 2.28. The Morgan fingerprint density at radius 2 is 2.27 bits per heavy atom. The molecule has 3 heteroatoms. The summed E-state index contributed by atoms with van der Waals surface area (Å²) in [6.07, 6.45) is 8.35. The molecule has 0 amide bonds. The number of aryl methyl sites for hydroxylation is 2. The molecule has 1 N–H and O–H groups in total. The normalized spacial score (nSPS) is 25.3. The molecule has 1 aliphatic heterocycles. The Morgan fingerprint density at radius 1 is 1.40 bits per heavy atom. The SMILES string of the molecule is CCc1ncc2n1CC(NC1CC1)CC2. The summed E-state index contributed by atoms with van der Waals surface area (Å²) in [5.41, 5.74) is 1.43. The highest BCUT2D eigenvalue weighted by Gasteiger charge is 2.27. The Morgan fingerprint density at radius 3 is 3.00 bits per heavy atom. The van der Waals surface area contributed by atoms with Crippen molar-refractivity contribution in [3.63, 3.8) is 0 Å². The van der Waals surface area contributed by atoms with Crippen molar-refractivity contribution in [2.24, 2.45) is 0 Å². The number of hydrogen-bond donors (Lipinski definition) is 1. The van der Waals surface area contributed by atoms with Gasteiger partial charge >= 0.3 is 0 Å². The van der Waals surface area contributed by atoms with Gasteiger partial charge in [0, 0.05) is 36.9 Å². The number of fused-ring (bicyclic) bond motifs is 1. The predicted molar refractivity (Wildman–Crippen MR) is 59.9 cm³/mol. The second kappa shape index (κ2) is 3.63. The van der Waals surface area contributed by atoms with Crippen LogP contribution in [0.1, 0.15) is 37.7 Å². The summed E-state index contributed by atoms with van der Waals surface area (Å²) in [5.74, 6) is 1.26. The molecular weight excluding hydrogens is 186 g/mol. The van der Waals surface area contributed by atoms with Gasteiger partial charge in [-0.25, -0.2) is 4.98 Å². The van der Waals surface area contributed by atoms with E-state index in [4.69, 9.17) is 0 Å². The number of nitrogens with zero attached hydrogens (tertiary/aromatic N) is 2. The minimum atomic E-state index is 0.685. The maximum Gasteiger partial charge on any atom is 0.108 e. The molecule has 1 aromatic rings. The summed E-state index contributed by atoms with van der Waals surface area (Å²) < 4.78 is 2.42. The Balaban J connectivity index is 1.74. The number of rotatable bonds is 3. The van der Waals surface area contributed by atoms with E-state index in [-0.39, 0.29) is 0 Å². The van der Waals surface area contributed by atoms with E-state index < -0.39 is 0 Å². The van der Waals surface area contributed by atoms with Crippen molar-refractivity contribution in [1.82, 2.24) is 14.9 Å². The van der Waals surface area contributed by atoms with E-state index in [1.54, 1.807) is 0 Å². The van der Waals surface area contributed by atoms with Crippen LogP contribution < -0.4 is 5.32 Å². The van der Waals surface area contributed by atoms with Crippen LogP contribution in [-0.2, 0) is 19.4 Å². The van der Waals surface area contributed by atoms with Gasteiger partial charge in [-0.1, -0.05) is 6.92 Å². The first-order chi connectivity index (χ1) is 7.36. The van der Waals surface area contributed by atoms with Gasteiger partial charge in [0.25, 0.3) is 0 Å². The molecule has 0 aromatic carbocycles.